The van der Waals surface area contributed by atoms with Crippen LogP contribution in [0.3, 0.4) is 0 Å². The fourth-order valence-corrected chi connectivity index (χ4v) is 2.13. The smallest absolute Gasteiger partial charge is 0.144 e. The molecule has 1 aromatic rings. The SMILES string of the molecule is CCC(CC)C(=O)C(CC#N)c1ccccc1. The first-order chi connectivity index (χ1) is 8.24. The summed E-state index contributed by atoms with van der Waals surface area (Å²) in [6, 6.07) is 11.8. The number of Topliss-reactive ketones (excluding diaryl/α,β-unsaturated/α-hetero) is 1. The van der Waals surface area contributed by atoms with Crippen LogP contribution in [-0.2, 0) is 4.79 Å². The Bertz CT molecular complexity index is 387. The van der Waals surface area contributed by atoms with Crippen molar-refractivity contribution in [3.63, 3.8) is 0 Å². The van der Waals surface area contributed by atoms with Gasteiger partial charge in [0.25, 0.3) is 0 Å². The highest BCUT2D eigenvalue weighted by Crippen LogP contribution is 2.26. The molecule has 0 aliphatic heterocycles. The lowest BCUT2D eigenvalue weighted by Gasteiger charge is -2.18. The van der Waals surface area contributed by atoms with Gasteiger partial charge in [-0.25, -0.2) is 0 Å². The van der Waals surface area contributed by atoms with Gasteiger partial charge in [0.1, 0.15) is 5.78 Å². The van der Waals surface area contributed by atoms with E-state index in [1.54, 1.807) is 0 Å². The highest BCUT2D eigenvalue weighted by Gasteiger charge is 2.25. The third kappa shape index (κ3) is 3.42. The summed E-state index contributed by atoms with van der Waals surface area (Å²) in [7, 11) is 0. The fourth-order valence-electron chi connectivity index (χ4n) is 2.13. The van der Waals surface area contributed by atoms with Crippen molar-refractivity contribution in [1.29, 1.82) is 5.26 Å². The number of nitriles is 1. The zero-order valence-corrected chi connectivity index (χ0v) is 10.5. The molecular weight excluding hydrogens is 210 g/mol. The van der Waals surface area contributed by atoms with Gasteiger partial charge < -0.3 is 0 Å². The summed E-state index contributed by atoms with van der Waals surface area (Å²) in [5, 5.41) is 8.87. The van der Waals surface area contributed by atoms with Crippen LogP contribution in [0.5, 0.6) is 0 Å². The second kappa shape index (κ2) is 6.85. The van der Waals surface area contributed by atoms with Crippen LogP contribution in [0.25, 0.3) is 0 Å². The van der Waals surface area contributed by atoms with Crippen molar-refractivity contribution < 1.29 is 4.79 Å². The standard InChI is InChI=1S/C15H19NO/c1-3-12(4-2)15(17)14(10-11-16)13-8-6-5-7-9-13/h5-9,12,14H,3-4,10H2,1-2H3. The van der Waals surface area contributed by atoms with Gasteiger partial charge in [-0.2, -0.15) is 5.26 Å². The monoisotopic (exact) mass is 229 g/mol. The van der Waals surface area contributed by atoms with Gasteiger partial charge in [0.2, 0.25) is 0 Å². The van der Waals surface area contributed by atoms with Gasteiger partial charge in [0.15, 0.2) is 0 Å². The van der Waals surface area contributed by atoms with E-state index in [2.05, 4.69) is 6.07 Å². The number of carbonyl (C=O) groups is 1. The van der Waals surface area contributed by atoms with E-state index in [4.69, 9.17) is 5.26 Å². The molecule has 0 aliphatic carbocycles. The molecule has 0 fully saturated rings. The molecule has 0 saturated heterocycles. The summed E-state index contributed by atoms with van der Waals surface area (Å²) >= 11 is 0. The van der Waals surface area contributed by atoms with Crippen LogP contribution in [-0.4, -0.2) is 5.78 Å². The number of hydrogen-bond acceptors (Lipinski definition) is 2. The van der Waals surface area contributed by atoms with E-state index in [0.717, 1.165) is 18.4 Å². The Balaban J connectivity index is 2.94. The van der Waals surface area contributed by atoms with Gasteiger partial charge in [-0.1, -0.05) is 44.2 Å². The van der Waals surface area contributed by atoms with Crippen LogP contribution in [0.2, 0.25) is 0 Å². The molecule has 1 rings (SSSR count). The summed E-state index contributed by atoms with van der Waals surface area (Å²) < 4.78 is 0. The summed E-state index contributed by atoms with van der Waals surface area (Å²) in [5.41, 5.74) is 0.964. The van der Waals surface area contributed by atoms with Gasteiger partial charge in [-0.3, -0.25) is 4.79 Å². The average Bonchev–Trinajstić information content (AvgIpc) is 2.38. The second-order valence-electron chi connectivity index (χ2n) is 4.24. The highest BCUT2D eigenvalue weighted by molar-refractivity contribution is 5.88. The minimum absolute atomic E-state index is 0.0774. The third-order valence-corrected chi connectivity index (χ3v) is 3.23. The Kier molecular flexibility index (Phi) is 5.42. The Morgan fingerprint density at radius 3 is 2.29 bits per heavy atom. The normalized spacial score (nSPS) is 12.1. The van der Waals surface area contributed by atoms with Crippen molar-refractivity contribution in [1.82, 2.24) is 0 Å². The predicted octanol–water partition coefficient (Wildman–Crippen LogP) is 3.69. The minimum Gasteiger partial charge on any atom is -0.299 e. The zero-order chi connectivity index (χ0) is 12.7. The number of benzene rings is 1. The first kappa shape index (κ1) is 13.4. The summed E-state index contributed by atoms with van der Waals surface area (Å²) in [6.07, 6.45) is 1.98. The number of nitrogens with zero attached hydrogens (tertiary/aromatic N) is 1. The van der Waals surface area contributed by atoms with Gasteiger partial charge in [0.05, 0.1) is 12.0 Å². The number of rotatable bonds is 6. The minimum atomic E-state index is -0.258. The molecule has 0 N–H and O–H groups in total. The Hall–Kier alpha value is -1.62. The first-order valence-corrected chi connectivity index (χ1v) is 6.20. The topological polar surface area (TPSA) is 40.9 Å². The van der Waals surface area contributed by atoms with Crippen LogP contribution >= 0.6 is 0 Å². The Morgan fingerprint density at radius 2 is 1.82 bits per heavy atom. The summed E-state index contributed by atoms with van der Waals surface area (Å²) in [4.78, 5) is 12.3. The molecule has 2 nitrogen and oxygen atoms in total. The molecule has 0 aromatic heterocycles. The van der Waals surface area contributed by atoms with Gasteiger partial charge >= 0.3 is 0 Å². The highest BCUT2D eigenvalue weighted by atomic mass is 16.1. The van der Waals surface area contributed by atoms with Crippen molar-refractivity contribution in [3.8, 4) is 6.07 Å². The maximum atomic E-state index is 12.3. The van der Waals surface area contributed by atoms with E-state index < -0.39 is 0 Å². The molecular formula is C15H19NO. The average molecular weight is 229 g/mol. The van der Waals surface area contributed by atoms with E-state index in [-0.39, 0.29) is 24.0 Å². The second-order valence-corrected chi connectivity index (χ2v) is 4.24. The molecule has 0 heterocycles. The van der Waals surface area contributed by atoms with Crippen LogP contribution in [0.1, 0.15) is 44.6 Å². The molecule has 2 heteroatoms. The van der Waals surface area contributed by atoms with Crippen molar-refractivity contribution in [2.24, 2.45) is 5.92 Å². The molecule has 0 saturated carbocycles. The molecule has 0 aliphatic rings. The first-order valence-electron chi connectivity index (χ1n) is 6.20. The maximum Gasteiger partial charge on any atom is 0.144 e. The molecule has 0 radical (unpaired) electrons. The molecule has 1 aromatic carbocycles. The zero-order valence-electron chi connectivity index (χ0n) is 10.5. The molecule has 0 amide bonds. The quantitative estimate of drug-likeness (QED) is 0.746. The van der Waals surface area contributed by atoms with Crippen molar-refractivity contribution in [2.75, 3.05) is 0 Å². The van der Waals surface area contributed by atoms with Crippen LogP contribution in [0.4, 0.5) is 0 Å². The van der Waals surface area contributed by atoms with Crippen molar-refractivity contribution in [3.05, 3.63) is 35.9 Å². The molecule has 0 bridgehead atoms. The number of carbonyl (C=O) groups excluding carboxylic acids is 1. The van der Waals surface area contributed by atoms with Crippen molar-refractivity contribution in [2.45, 2.75) is 39.0 Å². The van der Waals surface area contributed by atoms with E-state index in [1.807, 2.05) is 44.2 Å². The van der Waals surface area contributed by atoms with E-state index in [1.165, 1.54) is 0 Å². The third-order valence-electron chi connectivity index (χ3n) is 3.23. The molecule has 0 spiro atoms. The van der Waals surface area contributed by atoms with E-state index in [9.17, 15) is 4.79 Å². The number of ketones is 1. The number of hydrogen-bond donors (Lipinski definition) is 0. The van der Waals surface area contributed by atoms with E-state index >= 15 is 0 Å². The van der Waals surface area contributed by atoms with Crippen LogP contribution in [0, 0.1) is 17.2 Å². The Morgan fingerprint density at radius 1 is 1.24 bits per heavy atom. The Labute approximate surface area is 103 Å². The van der Waals surface area contributed by atoms with Gasteiger partial charge in [-0.15, -0.1) is 0 Å². The molecule has 1 atom stereocenters. The van der Waals surface area contributed by atoms with Crippen molar-refractivity contribution >= 4 is 5.78 Å². The van der Waals surface area contributed by atoms with Gasteiger partial charge in [0, 0.05) is 12.3 Å². The van der Waals surface area contributed by atoms with Crippen LogP contribution in [0.15, 0.2) is 30.3 Å². The molecule has 1 unspecified atom stereocenters. The maximum absolute atomic E-state index is 12.3. The molecule has 90 valence electrons. The fraction of sp³-hybridized carbons (Fsp3) is 0.467. The summed E-state index contributed by atoms with van der Waals surface area (Å²) in [5.74, 6) is 0.0300. The molecule has 17 heavy (non-hydrogen) atoms. The summed E-state index contributed by atoms with van der Waals surface area (Å²) in [6.45, 7) is 4.06. The predicted molar refractivity (Wildman–Crippen MR) is 68.5 cm³/mol. The lowest BCUT2D eigenvalue weighted by Crippen LogP contribution is -2.21. The van der Waals surface area contributed by atoms with E-state index in [0.29, 0.717) is 0 Å². The van der Waals surface area contributed by atoms with Crippen LogP contribution < -0.4 is 0 Å². The van der Waals surface area contributed by atoms with Gasteiger partial charge in [-0.05, 0) is 18.4 Å². The lowest BCUT2D eigenvalue weighted by atomic mass is 9.83. The lowest BCUT2D eigenvalue weighted by molar-refractivity contribution is -0.124. The largest absolute Gasteiger partial charge is 0.299 e.